The van der Waals surface area contributed by atoms with Crippen LogP contribution in [0.4, 0.5) is 10.2 Å². The number of aromatic nitrogens is 2. The summed E-state index contributed by atoms with van der Waals surface area (Å²) in [5.74, 6) is -0.212. The van der Waals surface area contributed by atoms with Crippen LogP contribution in [0.2, 0.25) is 0 Å². The summed E-state index contributed by atoms with van der Waals surface area (Å²) in [6, 6.07) is 28.4. The van der Waals surface area contributed by atoms with Crippen molar-refractivity contribution in [3.8, 4) is 22.4 Å². The first-order valence-electron chi connectivity index (χ1n) is 14.5. The number of anilines is 1. The minimum absolute atomic E-state index is 0.00687. The van der Waals surface area contributed by atoms with Crippen molar-refractivity contribution in [3.63, 3.8) is 0 Å². The fraction of sp³-hybridized carbons (Fsp3) is 0.294. The van der Waals surface area contributed by atoms with Crippen molar-refractivity contribution in [2.24, 2.45) is 5.92 Å². The van der Waals surface area contributed by atoms with Crippen LogP contribution in [0, 0.1) is 11.7 Å². The molecular weight excluding hydrogens is 529 g/mol. The van der Waals surface area contributed by atoms with Crippen LogP contribution in [-0.2, 0) is 4.79 Å². The van der Waals surface area contributed by atoms with Crippen LogP contribution in [0.1, 0.15) is 30.6 Å². The fourth-order valence-electron chi connectivity index (χ4n) is 5.09. The molecule has 8 heteroatoms. The number of rotatable bonds is 9. The third kappa shape index (κ3) is 6.82. The van der Waals surface area contributed by atoms with E-state index in [1.165, 1.54) is 22.6 Å². The van der Waals surface area contributed by atoms with Gasteiger partial charge in [-0.1, -0.05) is 87.0 Å². The van der Waals surface area contributed by atoms with Gasteiger partial charge >= 0.3 is 0 Å². The molecule has 0 radical (unpaired) electrons. The predicted octanol–water partition coefficient (Wildman–Crippen LogP) is 5.79. The van der Waals surface area contributed by atoms with Gasteiger partial charge in [-0.2, -0.15) is 0 Å². The van der Waals surface area contributed by atoms with Crippen LogP contribution in [0.25, 0.3) is 22.4 Å². The summed E-state index contributed by atoms with van der Waals surface area (Å²) in [4.78, 5) is 31.8. The highest BCUT2D eigenvalue weighted by Crippen LogP contribution is 2.24. The topological polar surface area (TPSA) is 69.6 Å². The number of nitrogens with zero attached hydrogens (tertiary/aromatic N) is 5. The molecule has 1 aliphatic heterocycles. The van der Waals surface area contributed by atoms with Crippen molar-refractivity contribution in [2.45, 2.75) is 20.3 Å². The number of amides is 2. The van der Waals surface area contributed by atoms with Gasteiger partial charge in [0.1, 0.15) is 12.4 Å². The number of benzene rings is 3. The van der Waals surface area contributed by atoms with Crippen LogP contribution < -0.4 is 4.90 Å². The van der Waals surface area contributed by atoms with Gasteiger partial charge in [-0.15, -0.1) is 10.2 Å². The number of hydrogen-bond acceptors (Lipinski definition) is 5. The quantitative estimate of drug-likeness (QED) is 0.257. The second kappa shape index (κ2) is 13.4. The van der Waals surface area contributed by atoms with E-state index in [9.17, 15) is 14.0 Å². The maximum atomic E-state index is 14.4. The van der Waals surface area contributed by atoms with Crippen LogP contribution in [0.15, 0.2) is 91.0 Å². The molecule has 1 fully saturated rings. The Labute approximate surface area is 246 Å². The minimum Gasteiger partial charge on any atom is -0.352 e. The van der Waals surface area contributed by atoms with E-state index in [4.69, 9.17) is 0 Å². The molecule has 216 valence electrons. The van der Waals surface area contributed by atoms with E-state index in [2.05, 4.69) is 51.5 Å². The summed E-state index contributed by atoms with van der Waals surface area (Å²) in [5.41, 5.74) is 4.11. The lowest BCUT2D eigenvalue weighted by Crippen LogP contribution is -2.52. The van der Waals surface area contributed by atoms with Crippen molar-refractivity contribution < 1.29 is 14.0 Å². The van der Waals surface area contributed by atoms with Crippen molar-refractivity contribution in [3.05, 3.63) is 102 Å². The van der Waals surface area contributed by atoms with Gasteiger partial charge in [0.05, 0.1) is 11.3 Å². The van der Waals surface area contributed by atoms with Gasteiger partial charge < -0.3 is 14.7 Å². The van der Waals surface area contributed by atoms with E-state index in [1.54, 1.807) is 17.0 Å². The van der Waals surface area contributed by atoms with Crippen molar-refractivity contribution in [1.82, 2.24) is 20.0 Å². The Hall–Kier alpha value is -4.59. The Morgan fingerprint density at radius 2 is 1.45 bits per heavy atom. The average molecular weight is 566 g/mol. The molecule has 4 aromatic rings. The summed E-state index contributed by atoms with van der Waals surface area (Å²) < 4.78 is 14.4. The van der Waals surface area contributed by atoms with Crippen LogP contribution in [0.3, 0.4) is 0 Å². The van der Waals surface area contributed by atoms with Crippen LogP contribution >= 0.6 is 0 Å². The molecule has 0 bridgehead atoms. The molecule has 42 heavy (non-hydrogen) atoms. The molecule has 0 unspecified atom stereocenters. The molecule has 1 aliphatic rings. The van der Waals surface area contributed by atoms with Gasteiger partial charge in [-0.3, -0.25) is 9.59 Å². The Morgan fingerprint density at radius 1 is 0.810 bits per heavy atom. The highest BCUT2D eigenvalue weighted by atomic mass is 19.1. The van der Waals surface area contributed by atoms with Gasteiger partial charge in [0, 0.05) is 38.3 Å². The first-order valence-corrected chi connectivity index (χ1v) is 14.5. The highest BCUT2D eigenvalue weighted by molar-refractivity contribution is 5.96. The number of carbonyl (C=O) groups is 2. The standard InChI is InChI=1S/C34H36FN5O2/c1-3-25(2)23-40(34(42)29-11-7-8-12-30(29)35)24-33(41)39-21-19-38(20-22-39)32-18-17-31(36-37-32)28-15-13-27(14-16-28)26-9-5-4-6-10-26/h4-18,25H,3,19-24H2,1-2H3/t25-/m1/s1. The fourth-order valence-corrected chi connectivity index (χ4v) is 5.09. The number of halogens is 1. The summed E-state index contributed by atoms with van der Waals surface area (Å²) in [6.07, 6.45) is 0.854. The summed E-state index contributed by atoms with van der Waals surface area (Å²) >= 11 is 0. The maximum absolute atomic E-state index is 14.4. The largest absolute Gasteiger partial charge is 0.352 e. The molecular formula is C34H36FN5O2. The van der Waals surface area contributed by atoms with Crippen molar-refractivity contribution in [2.75, 3.05) is 44.2 Å². The number of carbonyl (C=O) groups excluding carboxylic acids is 2. The molecule has 1 aromatic heterocycles. The summed E-state index contributed by atoms with van der Waals surface area (Å²) in [7, 11) is 0. The van der Waals surface area contributed by atoms with Gasteiger partial charge in [0.15, 0.2) is 5.82 Å². The lowest BCUT2D eigenvalue weighted by Gasteiger charge is -2.36. The lowest BCUT2D eigenvalue weighted by molar-refractivity contribution is -0.132. The molecule has 1 saturated heterocycles. The molecule has 7 nitrogen and oxygen atoms in total. The predicted molar refractivity (Wildman–Crippen MR) is 163 cm³/mol. The molecule has 2 heterocycles. The van der Waals surface area contributed by atoms with E-state index in [1.807, 2.05) is 44.2 Å². The minimum atomic E-state index is -0.575. The monoisotopic (exact) mass is 565 g/mol. The van der Waals surface area contributed by atoms with E-state index >= 15 is 0 Å². The van der Waals surface area contributed by atoms with Crippen LogP contribution in [0.5, 0.6) is 0 Å². The second-order valence-electron chi connectivity index (χ2n) is 10.8. The van der Waals surface area contributed by atoms with E-state index < -0.39 is 11.7 Å². The molecule has 2 amide bonds. The van der Waals surface area contributed by atoms with Gasteiger partial charge in [-0.25, -0.2) is 4.39 Å². The van der Waals surface area contributed by atoms with Crippen molar-refractivity contribution in [1.29, 1.82) is 0 Å². The third-order valence-electron chi connectivity index (χ3n) is 7.84. The molecule has 3 aromatic carbocycles. The third-order valence-corrected chi connectivity index (χ3v) is 7.84. The van der Waals surface area contributed by atoms with E-state index in [0.29, 0.717) is 32.7 Å². The molecule has 0 aliphatic carbocycles. The molecule has 1 atom stereocenters. The molecule has 5 rings (SSSR count). The Bertz CT molecular complexity index is 1490. The zero-order valence-corrected chi connectivity index (χ0v) is 24.1. The zero-order valence-electron chi connectivity index (χ0n) is 24.1. The Morgan fingerprint density at radius 3 is 2.10 bits per heavy atom. The Balaban J connectivity index is 1.18. The average Bonchev–Trinajstić information content (AvgIpc) is 3.05. The van der Waals surface area contributed by atoms with E-state index in [-0.39, 0.29) is 23.9 Å². The lowest BCUT2D eigenvalue weighted by atomic mass is 10.0. The molecule has 0 spiro atoms. The zero-order chi connectivity index (χ0) is 29.5. The highest BCUT2D eigenvalue weighted by Gasteiger charge is 2.27. The first kappa shape index (κ1) is 28.9. The van der Waals surface area contributed by atoms with Gasteiger partial charge in [0.2, 0.25) is 5.91 Å². The first-order chi connectivity index (χ1) is 20.4. The maximum Gasteiger partial charge on any atom is 0.257 e. The van der Waals surface area contributed by atoms with Crippen LogP contribution in [-0.4, -0.2) is 71.1 Å². The molecule has 0 saturated carbocycles. The second-order valence-corrected chi connectivity index (χ2v) is 10.8. The van der Waals surface area contributed by atoms with Gasteiger partial charge in [0.25, 0.3) is 5.91 Å². The SMILES string of the molecule is CC[C@@H](C)CN(CC(=O)N1CCN(c2ccc(-c3ccc(-c4ccccc4)cc3)nn2)CC1)C(=O)c1ccccc1F. The normalized spacial score (nSPS) is 14.0. The smallest absolute Gasteiger partial charge is 0.257 e. The van der Waals surface area contributed by atoms with Crippen molar-refractivity contribution >= 4 is 17.6 Å². The number of piperazine rings is 1. The summed E-state index contributed by atoms with van der Waals surface area (Å²) in [5, 5.41) is 8.93. The summed E-state index contributed by atoms with van der Waals surface area (Å²) in [6.45, 7) is 6.62. The van der Waals surface area contributed by atoms with E-state index in [0.717, 1.165) is 29.1 Å². The number of hydrogen-bond donors (Lipinski definition) is 0. The van der Waals surface area contributed by atoms with Gasteiger partial charge in [-0.05, 0) is 41.3 Å². The molecule has 0 N–H and O–H groups in total. The Kier molecular flexibility index (Phi) is 9.21.